The average Bonchev–Trinajstić information content (AvgIpc) is 3.58. The lowest BCUT2D eigenvalue weighted by atomic mass is 10.1. The van der Waals surface area contributed by atoms with Gasteiger partial charge in [0, 0.05) is 23.7 Å². The predicted octanol–water partition coefficient (Wildman–Crippen LogP) is 4.52. The molecular weight excluding hydrogens is 383 g/mol. The van der Waals surface area contributed by atoms with E-state index in [4.69, 9.17) is 10.5 Å². The Morgan fingerprint density at radius 3 is 2.07 bits per heavy atom. The van der Waals surface area contributed by atoms with Crippen molar-refractivity contribution in [2.45, 2.75) is 25.4 Å². The van der Waals surface area contributed by atoms with Gasteiger partial charge in [0.05, 0.1) is 0 Å². The fraction of sp³-hybridized carbons (Fsp3) is 0.167. The number of carbonyl (C=O) groups excluding carboxylic acids is 2. The first-order valence-corrected chi connectivity index (χ1v) is 9.73. The lowest BCUT2D eigenvalue weighted by Gasteiger charge is -2.23. The van der Waals surface area contributed by atoms with Crippen LogP contribution in [0, 0.1) is 5.82 Å². The first-order chi connectivity index (χ1) is 14.5. The van der Waals surface area contributed by atoms with Crippen LogP contribution in [-0.2, 0) is 6.54 Å². The number of hydrogen-bond acceptors (Lipinski definition) is 3. The van der Waals surface area contributed by atoms with E-state index in [2.05, 4.69) is 0 Å². The third-order valence-electron chi connectivity index (χ3n) is 4.97. The molecule has 1 fully saturated rings. The molecule has 152 valence electrons. The van der Waals surface area contributed by atoms with Gasteiger partial charge in [-0.3, -0.25) is 9.59 Å². The Morgan fingerprint density at radius 2 is 1.53 bits per heavy atom. The molecule has 5 nitrogen and oxygen atoms in total. The predicted molar refractivity (Wildman–Crippen MR) is 111 cm³/mol. The van der Waals surface area contributed by atoms with Crippen LogP contribution in [0.3, 0.4) is 0 Å². The Morgan fingerprint density at radius 1 is 0.933 bits per heavy atom. The number of rotatable bonds is 7. The molecule has 2 amide bonds. The van der Waals surface area contributed by atoms with E-state index >= 15 is 0 Å². The standard InChI is InChI=1S/C24H21FN2O3/c25-19-3-1-2-16(14-19)15-27(20-8-9-20)24(29)18-6-12-22(13-7-18)30-21-10-4-17(5-11-21)23(26)28/h1-7,10-14,20H,8-9,15H2,(H2,26,28). The van der Waals surface area contributed by atoms with Crippen molar-refractivity contribution >= 4 is 11.8 Å². The average molecular weight is 404 g/mol. The zero-order chi connectivity index (χ0) is 21.1. The van der Waals surface area contributed by atoms with Crippen LogP contribution in [0.1, 0.15) is 39.1 Å². The van der Waals surface area contributed by atoms with Crippen molar-refractivity contribution in [1.29, 1.82) is 0 Å². The van der Waals surface area contributed by atoms with E-state index in [-0.39, 0.29) is 17.8 Å². The van der Waals surface area contributed by atoms with Crippen LogP contribution in [0.5, 0.6) is 11.5 Å². The van der Waals surface area contributed by atoms with E-state index in [9.17, 15) is 14.0 Å². The maximum absolute atomic E-state index is 13.5. The first kappa shape index (κ1) is 19.6. The highest BCUT2D eigenvalue weighted by atomic mass is 19.1. The second-order valence-electron chi connectivity index (χ2n) is 7.31. The molecule has 0 atom stereocenters. The van der Waals surface area contributed by atoms with Crippen LogP contribution in [0.25, 0.3) is 0 Å². The summed E-state index contributed by atoms with van der Waals surface area (Å²) >= 11 is 0. The number of hydrogen-bond donors (Lipinski definition) is 1. The maximum Gasteiger partial charge on any atom is 0.254 e. The summed E-state index contributed by atoms with van der Waals surface area (Å²) in [5, 5.41) is 0. The second kappa shape index (κ2) is 8.37. The molecule has 3 aromatic rings. The Hall–Kier alpha value is -3.67. The van der Waals surface area contributed by atoms with Gasteiger partial charge in [0.25, 0.3) is 5.91 Å². The molecule has 1 aliphatic rings. The van der Waals surface area contributed by atoms with E-state index in [1.165, 1.54) is 12.1 Å². The van der Waals surface area contributed by atoms with Crippen molar-refractivity contribution in [2.75, 3.05) is 0 Å². The van der Waals surface area contributed by atoms with Gasteiger partial charge in [-0.2, -0.15) is 0 Å². The smallest absolute Gasteiger partial charge is 0.254 e. The number of primary amides is 1. The van der Waals surface area contributed by atoms with Crippen molar-refractivity contribution in [1.82, 2.24) is 4.90 Å². The number of ether oxygens (including phenoxy) is 1. The molecule has 0 spiro atoms. The van der Waals surface area contributed by atoms with E-state index in [0.29, 0.717) is 29.2 Å². The minimum Gasteiger partial charge on any atom is -0.457 e. The largest absolute Gasteiger partial charge is 0.457 e. The van der Waals surface area contributed by atoms with Crippen LogP contribution < -0.4 is 10.5 Å². The number of benzene rings is 3. The van der Waals surface area contributed by atoms with E-state index < -0.39 is 5.91 Å². The van der Waals surface area contributed by atoms with Gasteiger partial charge in [0.15, 0.2) is 0 Å². The molecule has 0 aliphatic heterocycles. The van der Waals surface area contributed by atoms with E-state index in [1.54, 1.807) is 59.5 Å². The molecule has 1 aliphatic carbocycles. The van der Waals surface area contributed by atoms with Gasteiger partial charge in [-0.15, -0.1) is 0 Å². The first-order valence-electron chi connectivity index (χ1n) is 9.73. The number of amides is 2. The number of halogens is 1. The molecule has 0 radical (unpaired) electrons. The highest BCUT2D eigenvalue weighted by Gasteiger charge is 2.33. The SMILES string of the molecule is NC(=O)c1ccc(Oc2ccc(C(=O)N(Cc3cccc(F)c3)C3CC3)cc2)cc1. The number of nitrogens with two attached hydrogens (primary N) is 1. The summed E-state index contributed by atoms with van der Waals surface area (Å²) in [6, 6.07) is 19.9. The minimum atomic E-state index is -0.497. The zero-order valence-corrected chi connectivity index (χ0v) is 16.3. The molecule has 0 saturated heterocycles. The summed E-state index contributed by atoms with van der Waals surface area (Å²) in [6.45, 7) is 0.381. The molecular formula is C24H21FN2O3. The molecule has 2 N–H and O–H groups in total. The van der Waals surface area contributed by atoms with Gasteiger partial charge in [-0.1, -0.05) is 12.1 Å². The molecule has 1 saturated carbocycles. The molecule has 3 aromatic carbocycles. The summed E-state index contributed by atoms with van der Waals surface area (Å²) in [6.07, 6.45) is 1.92. The maximum atomic E-state index is 13.5. The van der Waals surface area contributed by atoms with Crippen molar-refractivity contribution in [2.24, 2.45) is 5.73 Å². The normalized spacial score (nSPS) is 13.0. The Bertz CT molecular complexity index is 1060. The van der Waals surface area contributed by atoms with Gasteiger partial charge < -0.3 is 15.4 Å². The molecule has 6 heteroatoms. The van der Waals surface area contributed by atoms with Crippen LogP contribution in [0.4, 0.5) is 4.39 Å². The summed E-state index contributed by atoms with van der Waals surface area (Å²) in [7, 11) is 0. The van der Waals surface area contributed by atoms with Crippen molar-refractivity contribution in [3.63, 3.8) is 0 Å². The zero-order valence-electron chi connectivity index (χ0n) is 16.3. The van der Waals surface area contributed by atoms with E-state index in [0.717, 1.165) is 18.4 Å². The van der Waals surface area contributed by atoms with Crippen molar-refractivity contribution < 1.29 is 18.7 Å². The lowest BCUT2D eigenvalue weighted by Crippen LogP contribution is -2.32. The molecule has 0 unspecified atom stereocenters. The lowest BCUT2D eigenvalue weighted by molar-refractivity contribution is 0.0729. The van der Waals surface area contributed by atoms with Gasteiger partial charge in [0.1, 0.15) is 17.3 Å². The second-order valence-corrected chi connectivity index (χ2v) is 7.31. The van der Waals surface area contributed by atoms with Gasteiger partial charge in [-0.05, 0) is 79.1 Å². The van der Waals surface area contributed by atoms with Crippen molar-refractivity contribution in [3.05, 3.63) is 95.3 Å². The monoisotopic (exact) mass is 404 g/mol. The van der Waals surface area contributed by atoms with Crippen LogP contribution in [-0.4, -0.2) is 22.8 Å². The summed E-state index contributed by atoms with van der Waals surface area (Å²) in [4.78, 5) is 26.0. The molecule has 0 aromatic heterocycles. The number of nitrogens with zero attached hydrogens (tertiary/aromatic N) is 1. The van der Waals surface area contributed by atoms with Gasteiger partial charge in [-0.25, -0.2) is 4.39 Å². The van der Waals surface area contributed by atoms with Crippen molar-refractivity contribution in [3.8, 4) is 11.5 Å². The van der Waals surface area contributed by atoms with Gasteiger partial charge >= 0.3 is 0 Å². The summed E-state index contributed by atoms with van der Waals surface area (Å²) in [5.74, 6) is 0.245. The number of carbonyl (C=O) groups is 2. The molecule has 30 heavy (non-hydrogen) atoms. The fourth-order valence-electron chi connectivity index (χ4n) is 3.24. The third-order valence-corrected chi connectivity index (χ3v) is 4.97. The highest BCUT2D eigenvalue weighted by Crippen LogP contribution is 2.30. The summed E-state index contributed by atoms with van der Waals surface area (Å²) in [5.41, 5.74) is 6.96. The summed E-state index contributed by atoms with van der Waals surface area (Å²) < 4.78 is 19.3. The Labute approximate surface area is 173 Å². The van der Waals surface area contributed by atoms with Crippen LogP contribution in [0.2, 0.25) is 0 Å². The van der Waals surface area contributed by atoms with E-state index in [1.807, 2.05) is 6.07 Å². The minimum absolute atomic E-state index is 0.0841. The molecule has 0 bridgehead atoms. The van der Waals surface area contributed by atoms with Crippen LogP contribution in [0.15, 0.2) is 72.8 Å². The highest BCUT2D eigenvalue weighted by molar-refractivity contribution is 5.95. The topological polar surface area (TPSA) is 72.6 Å². The third kappa shape index (κ3) is 4.66. The quantitative estimate of drug-likeness (QED) is 0.629. The molecule has 0 heterocycles. The Kier molecular flexibility index (Phi) is 5.48. The fourth-order valence-corrected chi connectivity index (χ4v) is 3.24. The Balaban J connectivity index is 1.45. The van der Waals surface area contributed by atoms with Gasteiger partial charge in [0.2, 0.25) is 5.91 Å². The van der Waals surface area contributed by atoms with Crippen LogP contribution >= 0.6 is 0 Å². The molecule has 4 rings (SSSR count).